The summed E-state index contributed by atoms with van der Waals surface area (Å²) in [5.74, 6) is 0. The molecule has 0 bridgehead atoms. The molecule has 8 rings (SSSR count). The van der Waals surface area contributed by atoms with E-state index in [4.69, 9.17) is 0 Å². The fraction of sp³-hybridized carbons (Fsp3) is 0.128. The van der Waals surface area contributed by atoms with Gasteiger partial charge in [-0.05, 0) is 0 Å². The van der Waals surface area contributed by atoms with Gasteiger partial charge in [-0.3, -0.25) is 0 Å². The predicted molar refractivity (Wildman–Crippen MR) is 201 cm³/mol. The zero-order valence-corrected chi connectivity index (χ0v) is 32.5. The van der Waals surface area contributed by atoms with E-state index in [0.29, 0.717) is 3.63 Å². The second kappa shape index (κ2) is 16.0. The molecule has 2 aliphatic rings. The van der Waals surface area contributed by atoms with Crippen molar-refractivity contribution in [3.63, 3.8) is 0 Å². The van der Waals surface area contributed by atoms with Crippen LogP contribution in [0.4, 0.5) is 0 Å². The summed E-state index contributed by atoms with van der Waals surface area (Å²) in [7, 11) is 0. The van der Waals surface area contributed by atoms with Crippen LogP contribution in [0.15, 0.2) is 167 Å². The molecule has 0 saturated carbocycles. The summed E-state index contributed by atoms with van der Waals surface area (Å²) in [5.41, 5.74) is 17.1. The Morgan fingerprint density at radius 3 is 1.44 bits per heavy atom. The van der Waals surface area contributed by atoms with Gasteiger partial charge in [-0.25, -0.2) is 0 Å². The van der Waals surface area contributed by atoms with Crippen LogP contribution < -0.4 is 24.8 Å². The van der Waals surface area contributed by atoms with Crippen LogP contribution in [0, 0.1) is 0 Å². The average Bonchev–Trinajstić information content (AvgIpc) is 3.74. The molecule has 0 unspecified atom stereocenters. The Morgan fingerprint density at radius 2 is 0.980 bits per heavy atom. The molecule has 0 atom stereocenters. The van der Waals surface area contributed by atoms with Crippen LogP contribution >= 0.6 is 0 Å². The molecule has 3 heteroatoms. The number of allylic oxidation sites excluding steroid dienone is 4. The normalized spacial score (nSPS) is 12.9. The Labute approximate surface area is 317 Å². The van der Waals surface area contributed by atoms with Gasteiger partial charge in [0.25, 0.3) is 0 Å². The number of rotatable bonds is 8. The molecule has 0 aliphatic heterocycles. The van der Waals surface area contributed by atoms with Gasteiger partial charge < -0.3 is 24.8 Å². The van der Waals surface area contributed by atoms with Gasteiger partial charge in [-0.2, -0.15) is 0 Å². The van der Waals surface area contributed by atoms with E-state index in [9.17, 15) is 0 Å². The first kappa shape index (κ1) is 35.9. The van der Waals surface area contributed by atoms with Gasteiger partial charge in [0.2, 0.25) is 0 Å². The van der Waals surface area contributed by atoms with E-state index in [1.165, 1.54) is 55.7 Å². The van der Waals surface area contributed by atoms with Crippen molar-refractivity contribution >= 4 is 14.4 Å². The summed E-state index contributed by atoms with van der Waals surface area (Å²) in [6, 6.07) is 59.6. The van der Waals surface area contributed by atoms with Gasteiger partial charge in [0.1, 0.15) is 0 Å². The van der Waals surface area contributed by atoms with E-state index in [-0.39, 0.29) is 24.8 Å². The second-order valence-corrected chi connectivity index (χ2v) is 19.2. The largest absolute Gasteiger partial charge is 1.00 e. The second-order valence-electron chi connectivity index (χ2n) is 13.0. The Kier molecular flexibility index (Phi) is 11.5. The molecule has 0 radical (unpaired) electrons. The average molecular weight is 767 g/mol. The molecule has 2 aliphatic carbocycles. The number of fused-ring (bicyclic) bond motifs is 3. The van der Waals surface area contributed by atoms with Gasteiger partial charge in [-0.1, -0.05) is 0 Å². The molecule has 0 nitrogen and oxygen atoms in total. The summed E-state index contributed by atoms with van der Waals surface area (Å²) in [5, 5.41) is 0. The summed E-state index contributed by atoms with van der Waals surface area (Å²) in [6.45, 7) is 4.59. The number of aryl methyl sites for hydroxylation is 2. The third-order valence-corrected chi connectivity index (χ3v) is 18.4. The van der Waals surface area contributed by atoms with Gasteiger partial charge in [0, 0.05) is 0 Å². The Balaban J connectivity index is 0.00000216. The van der Waals surface area contributed by atoms with E-state index in [2.05, 4.69) is 178 Å². The van der Waals surface area contributed by atoms with E-state index in [1.807, 2.05) is 0 Å². The standard InChI is InChI=1S/C17H17.C17H13.C13H10.2ClH.Zr/c1-3-12-5-7-16-14(9-12)11-15-10-13(4-2)6-8-17(15)16;1-3-8-14(9-4-1)16-12-7-13-17(16)15-10-5-2-6-11-15;1-3-7-12(8-4-1)11-13-9-5-2-6-10-13;;;/h5-11H,3-4H2,1-2H3;1-6,8-12H,13H2;1-10H;2*1H;/q;;;;;+2/p-2. The molecule has 6 aromatic rings. The number of hydrogen-bond acceptors (Lipinski definition) is 0. The minimum atomic E-state index is -2.93. The van der Waals surface area contributed by atoms with Crippen LogP contribution in [0.25, 0.3) is 22.3 Å². The molecular weight excluding hydrogens is 727 g/mol. The molecule has 0 amide bonds. The predicted octanol–water partition coefficient (Wildman–Crippen LogP) is 5.68. The maximum Gasteiger partial charge on any atom is -1.00 e. The molecule has 0 heterocycles. The summed E-state index contributed by atoms with van der Waals surface area (Å²) < 4.78 is 3.65. The van der Waals surface area contributed by atoms with Crippen LogP contribution in [0.2, 0.25) is 0 Å². The monoisotopic (exact) mass is 764 g/mol. The van der Waals surface area contributed by atoms with Crippen LogP contribution in [0.5, 0.6) is 0 Å². The van der Waals surface area contributed by atoms with Crippen molar-refractivity contribution in [2.75, 3.05) is 0 Å². The number of benzene rings is 6. The van der Waals surface area contributed by atoms with Crippen molar-refractivity contribution in [1.82, 2.24) is 0 Å². The minimum absolute atomic E-state index is 0. The van der Waals surface area contributed by atoms with Crippen molar-refractivity contribution in [2.24, 2.45) is 0 Å². The molecule has 50 heavy (non-hydrogen) atoms. The zero-order chi connectivity index (χ0) is 32.5. The van der Waals surface area contributed by atoms with Crippen molar-refractivity contribution in [3.05, 3.63) is 212 Å². The number of halogens is 2. The Morgan fingerprint density at radius 1 is 0.540 bits per heavy atom. The maximum absolute atomic E-state index is 2.93. The first-order chi connectivity index (χ1) is 23.7. The molecule has 0 N–H and O–H groups in total. The topological polar surface area (TPSA) is 0 Å². The quantitative estimate of drug-likeness (QED) is 0.188. The van der Waals surface area contributed by atoms with Gasteiger partial charge >= 0.3 is 295 Å². The molecule has 0 aromatic heterocycles. The SMILES string of the molecule is CCc1ccc2c(c1)[CH]([Zr+2]([C]1=CC(c3ccccc3)=C(c3ccccc3)C1)=[C](c1ccccc1)c1ccccc1)c1cc(CC)ccc1-2.[Cl-].[Cl-]. The smallest absolute Gasteiger partial charge is 1.00 e. The van der Waals surface area contributed by atoms with Crippen molar-refractivity contribution < 1.29 is 46.1 Å². The number of hydrogen-bond donors (Lipinski definition) is 0. The van der Waals surface area contributed by atoms with Crippen molar-refractivity contribution in [2.45, 2.75) is 36.7 Å². The molecule has 246 valence electrons. The van der Waals surface area contributed by atoms with E-state index in [1.54, 1.807) is 17.6 Å². The Bertz CT molecular complexity index is 2100. The van der Waals surface area contributed by atoms with Gasteiger partial charge in [0.15, 0.2) is 0 Å². The third kappa shape index (κ3) is 6.77. The van der Waals surface area contributed by atoms with Crippen LogP contribution in [0.3, 0.4) is 0 Å². The zero-order valence-electron chi connectivity index (χ0n) is 28.5. The van der Waals surface area contributed by atoms with Gasteiger partial charge in [-0.15, -0.1) is 0 Å². The summed E-state index contributed by atoms with van der Waals surface area (Å²) >= 11 is -2.93. The van der Waals surface area contributed by atoms with Gasteiger partial charge in [0.05, 0.1) is 0 Å². The maximum atomic E-state index is 2.64. The first-order valence-corrected chi connectivity index (χ1v) is 21.3. The van der Waals surface area contributed by atoms with Crippen molar-refractivity contribution in [3.8, 4) is 11.1 Å². The molecule has 0 fully saturated rings. The summed E-state index contributed by atoms with van der Waals surface area (Å²) in [6.07, 6.45) is 5.73. The van der Waals surface area contributed by atoms with E-state index >= 15 is 0 Å². The summed E-state index contributed by atoms with van der Waals surface area (Å²) in [4.78, 5) is 0. The molecule has 6 aromatic carbocycles. The Hall–Kier alpha value is -3.87. The molecule has 0 saturated heterocycles. The first-order valence-electron chi connectivity index (χ1n) is 17.4. The van der Waals surface area contributed by atoms with Crippen LogP contribution in [-0.2, 0) is 34.1 Å². The molecular formula is C47H40Cl2Zr. The van der Waals surface area contributed by atoms with Crippen molar-refractivity contribution in [1.29, 1.82) is 0 Å². The van der Waals surface area contributed by atoms with E-state index < -0.39 is 21.3 Å². The van der Waals surface area contributed by atoms with Crippen LogP contribution in [0.1, 0.15) is 68.4 Å². The minimum Gasteiger partial charge on any atom is -1.00 e. The third-order valence-electron chi connectivity index (χ3n) is 10.2. The molecule has 0 spiro atoms. The fourth-order valence-electron chi connectivity index (χ4n) is 7.83. The fourth-order valence-corrected chi connectivity index (χ4v) is 16.9. The van der Waals surface area contributed by atoms with Crippen LogP contribution in [-0.4, -0.2) is 3.21 Å². The van der Waals surface area contributed by atoms with E-state index in [0.717, 1.165) is 19.3 Å².